The van der Waals surface area contributed by atoms with Crippen molar-refractivity contribution in [3.63, 3.8) is 0 Å². The van der Waals surface area contributed by atoms with E-state index in [1.807, 2.05) is 6.07 Å². The third-order valence-electron chi connectivity index (χ3n) is 5.74. The van der Waals surface area contributed by atoms with E-state index >= 15 is 0 Å². The molecule has 1 amide bonds. The number of benzene rings is 1. The van der Waals surface area contributed by atoms with Gasteiger partial charge in [-0.25, -0.2) is 14.3 Å². The molecule has 31 heavy (non-hydrogen) atoms. The van der Waals surface area contributed by atoms with E-state index in [-0.39, 0.29) is 17.5 Å². The lowest BCUT2D eigenvalue weighted by atomic mass is 9.75. The summed E-state index contributed by atoms with van der Waals surface area (Å²) in [4.78, 5) is 36.5. The molecule has 0 saturated heterocycles. The molecule has 1 heterocycles. The van der Waals surface area contributed by atoms with Gasteiger partial charge in [0, 0.05) is 6.07 Å². The minimum absolute atomic E-state index is 0.0386. The number of aromatic nitrogens is 2. The van der Waals surface area contributed by atoms with Crippen LogP contribution in [0.3, 0.4) is 0 Å². The summed E-state index contributed by atoms with van der Waals surface area (Å²) in [5.41, 5.74) is 5.91. The van der Waals surface area contributed by atoms with Crippen LogP contribution in [-0.4, -0.2) is 40.3 Å². The molecule has 8 heteroatoms. The standard InChI is InChI=1S/C23H29N3O5/c1-14(2)17-10-9-15(3)11-20(17)31-21(27)13-30-23(29)18-12-19(22(24)28)26(25-18)16-7-5-4-6-8-16/h4-8,12,14-15,17,20H,9-11,13H2,1-3H3,(H2,24,28). The monoisotopic (exact) mass is 427 g/mol. The molecule has 1 aromatic heterocycles. The Morgan fingerprint density at radius 1 is 1.19 bits per heavy atom. The van der Waals surface area contributed by atoms with Gasteiger partial charge in [-0.3, -0.25) is 4.79 Å². The molecule has 2 N–H and O–H groups in total. The molecule has 3 atom stereocenters. The van der Waals surface area contributed by atoms with Crippen LogP contribution < -0.4 is 5.73 Å². The lowest BCUT2D eigenvalue weighted by molar-refractivity contribution is -0.159. The van der Waals surface area contributed by atoms with Crippen LogP contribution in [0, 0.1) is 17.8 Å². The maximum atomic E-state index is 12.4. The lowest BCUT2D eigenvalue weighted by Crippen LogP contribution is -2.36. The fourth-order valence-corrected chi connectivity index (χ4v) is 4.07. The largest absolute Gasteiger partial charge is 0.460 e. The molecule has 1 aromatic carbocycles. The van der Waals surface area contributed by atoms with Crippen molar-refractivity contribution in [2.75, 3.05) is 6.61 Å². The number of carbonyl (C=O) groups is 3. The minimum atomic E-state index is -0.827. The first-order chi connectivity index (χ1) is 14.8. The molecule has 1 saturated carbocycles. The van der Waals surface area contributed by atoms with Crippen molar-refractivity contribution in [2.45, 2.75) is 46.1 Å². The molecule has 1 aliphatic carbocycles. The number of rotatable bonds is 7. The van der Waals surface area contributed by atoms with Crippen LogP contribution in [0.25, 0.3) is 5.69 Å². The highest BCUT2D eigenvalue weighted by Gasteiger charge is 2.33. The van der Waals surface area contributed by atoms with E-state index in [1.54, 1.807) is 24.3 Å². The minimum Gasteiger partial charge on any atom is -0.460 e. The third-order valence-corrected chi connectivity index (χ3v) is 5.74. The molecular weight excluding hydrogens is 398 g/mol. The molecule has 0 bridgehead atoms. The summed E-state index contributed by atoms with van der Waals surface area (Å²) in [6, 6.07) is 10.1. The van der Waals surface area contributed by atoms with Gasteiger partial charge < -0.3 is 15.2 Å². The molecule has 8 nitrogen and oxygen atoms in total. The van der Waals surface area contributed by atoms with Gasteiger partial charge in [-0.1, -0.05) is 45.4 Å². The van der Waals surface area contributed by atoms with Crippen LogP contribution in [-0.2, 0) is 14.3 Å². The Kier molecular flexibility index (Phi) is 7.09. The predicted octanol–water partition coefficient (Wildman–Crippen LogP) is 3.13. The first-order valence-electron chi connectivity index (χ1n) is 10.6. The Bertz CT molecular complexity index is 938. The Morgan fingerprint density at radius 3 is 2.55 bits per heavy atom. The Labute approximate surface area is 181 Å². The summed E-state index contributed by atoms with van der Waals surface area (Å²) in [6.45, 7) is 5.89. The highest BCUT2D eigenvalue weighted by atomic mass is 16.6. The molecule has 0 radical (unpaired) electrons. The summed E-state index contributed by atoms with van der Waals surface area (Å²) in [7, 11) is 0. The van der Waals surface area contributed by atoms with Crippen LogP contribution in [0.2, 0.25) is 0 Å². The number of nitrogens with two attached hydrogens (primary N) is 1. The Balaban J connectivity index is 1.64. The fraction of sp³-hybridized carbons (Fsp3) is 0.478. The van der Waals surface area contributed by atoms with Gasteiger partial charge in [0.1, 0.15) is 11.8 Å². The smallest absolute Gasteiger partial charge is 0.359 e. The Morgan fingerprint density at radius 2 is 1.90 bits per heavy atom. The molecular formula is C23H29N3O5. The molecule has 3 rings (SSSR count). The van der Waals surface area contributed by atoms with E-state index in [1.165, 1.54) is 10.7 Å². The molecule has 0 spiro atoms. The first-order valence-corrected chi connectivity index (χ1v) is 10.6. The number of amides is 1. The molecule has 1 fully saturated rings. The maximum Gasteiger partial charge on any atom is 0.359 e. The van der Waals surface area contributed by atoms with Gasteiger partial charge in [0.05, 0.1) is 5.69 Å². The van der Waals surface area contributed by atoms with Gasteiger partial charge in [-0.2, -0.15) is 5.10 Å². The quantitative estimate of drug-likeness (QED) is 0.679. The fourth-order valence-electron chi connectivity index (χ4n) is 4.07. The van der Waals surface area contributed by atoms with Crippen LogP contribution in [0.4, 0.5) is 0 Å². The topological polar surface area (TPSA) is 114 Å². The Hall–Kier alpha value is -3.16. The second-order valence-corrected chi connectivity index (χ2v) is 8.46. The number of hydrogen-bond donors (Lipinski definition) is 1. The molecule has 0 aliphatic heterocycles. The van der Waals surface area contributed by atoms with E-state index in [9.17, 15) is 14.4 Å². The van der Waals surface area contributed by atoms with Crippen molar-refractivity contribution in [1.29, 1.82) is 0 Å². The second kappa shape index (κ2) is 9.76. The molecule has 1 aliphatic rings. The predicted molar refractivity (Wildman–Crippen MR) is 114 cm³/mol. The highest BCUT2D eigenvalue weighted by Crippen LogP contribution is 2.35. The zero-order valence-electron chi connectivity index (χ0n) is 18.1. The van der Waals surface area contributed by atoms with Gasteiger partial charge in [0.25, 0.3) is 5.91 Å². The molecule has 166 valence electrons. The number of para-hydroxylation sites is 1. The van der Waals surface area contributed by atoms with Crippen LogP contribution >= 0.6 is 0 Å². The zero-order valence-corrected chi connectivity index (χ0v) is 18.1. The molecule has 2 aromatic rings. The van der Waals surface area contributed by atoms with Gasteiger partial charge in [0.15, 0.2) is 12.3 Å². The number of carbonyl (C=O) groups excluding carboxylic acids is 3. The van der Waals surface area contributed by atoms with Crippen LogP contribution in [0.15, 0.2) is 36.4 Å². The van der Waals surface area contributed by atoms with E-state index < -0.39 is 24.5 Å². The average molecular weight is 428 g/mol. The number of primary amides is 1. The lowest BCUT2D eigenvalue weighted by Gasteiger charge is -2.36. The van der Waals surface area contributed by atoms with Crippen molar-refractivity contribution in [2.24, 2.45) is 23.5 Å². The van der Waals surface area contributed by atoms with E-state index in [0.29, 0.717) is 23.4 Å². The molecule has 3 unspecified atom stereocenters. The van der Waals surface area contributed by atoms with Crippen molar-refractivity contribution >= 4 is 17.8 Å². The van der Waals surface area contributed by atoms with Gasteiger partial charge in [0.2, 0.25) is 0 Å². The number of nitrogens with zero attached hydrogens (tertiary/aromatic N) is 2. The summed E-state index contributed by atoms with van der Waals surface area (Å²) < 4.78 is 12.0. The van der Waals surface area contributed by atoms with Gasteiger partial charge >= 0.3 is 11.9 Å². The number of hydrogen-bond acceptors (Lipinski definition) is 6. The van der Waals surface area contributed by atoms with Crippen LogP contribution in [0.1, 0.15) is 61.0 Å². The third kappa shape index (κ3) is 5.51. The van der Waals surface area contributed by atoms with Crippen LogP contribution in [0.5, 0.6) is 0 Å². The van der Waals surface area contributed by atoms with Gasteiger partial charge in [-0.05, 0) is 42.7 Å². The number of esters is 2. The van der Waals surface area contributed by atoms with E-state index in [0.717, 1.165) is 19.3 Å². The SMILES string of the molecule is CC1CCC(C(C)C)C(OC(=O)COC(=O)c2cc(C(N)=O)n(-c3ccccc3)n2)C1. The zero-order chi connectivity index (χ0) is 22.5. The summed E-state index contributed by atoms with van der Waals surface area (Å²) in [5.74, 6) is -0.953. The number of ether oxygens (including phenoxy) is 2. The highest BCUT2D eigenvalue weighted by molar-refractivity contribution is 5.96. The average Bonchev–Trinajstić information content (AvgIpc) is 3.18. The normalized spacial score (nSPS) is 21.0. The van der Waals surface area contributed by atoms with E-state index in [2.05, 4.69) is 25.9 Å². The summed E-state index contributed by atoms with van der Waals surface area (Å²) in [6.07, 6.45) is 2.78. The maximum absolute atomic E-state index is 12.4. The van der Waals surface area contributed by atoms with Crippen molar-refractivity contribution in [3.05, 3.63) is 47.8 Å². The first kappa shape index (κ1) is 22.5. The summed E-state index contributed by atoms with van der Waals surface area (Å²) >= 11 is 0. The van der Waals surface area contributed by atoms with Crippen molar-refractivity contribution < 1.29 is 23.9 Å². The second-order valence-electron chi connectivity index (χ2n) is 8.46. The summed E-state index contributed by atoms with van der Waals surface area (Å²) in [5, 5.41) is 4.13. The van der Waals surface area contributed by atoms with E-state index in [4.69, 9.17) is 15.2 Å². The van der Waals surface area contributed by atoms with Crippen molar-refractivity contribution in [3.8, 4) is 5.69 Å². The van der Waals surface area contributed by atoms with Gasteiger partial charge in [-0.15, -0.1) is 0 Å². The van der Waals surface area contributed by atoms with Crippen molar-refractivity contribution in [1.82, 2.24) is 9.78 Å².